The average molecular weight is 298 g/mol. The first-order chi connectivity index (χ1) is 9.40. The van der Waals surface area contributed by atoms with E-state index in [0.717, 1.165) is 0 Å². The van der Waals surface area contributed by atoms with Gasteiger partial charge >= 0.3 is 0 Å². The Morgan fingerprint density at radius 3 is 2.50 bits per heavy atom. The van der Waals surface area contributed by atoms with Gasteiger partial charge < -0.3 is 15.4 Å². The van der Waals surface area contributed by atoms with Gasteiger partial charge in [-0.3, -0.25) is 4.79 Å². The number of likely N-dealkylation sites (N-methyl/N-ethyl adjacent to an activating group) is 1. The van der Waals surface area contributed by atoms with Gasteiger partial charge in [0.25, 0.3) is 5.91 Å². The molecule has 2 N–H and O–H groups in total. The number of hydrogen-bond acceptors (Lipinski definition) is 3. The van der Waals surface area contributed by atoms with Gasteiger partial charge in [0.2, 0.25) is 0 Å². The molecule has 1 aromatic rings. The molecule has 0 aliphatic carbocycles. The van der Waals surface area contributed by atoms with Gasteiger partial charge in [0.15, 0.2) is 17.7 Å². The Morgan fingerprint density at radius 1 is 1.45 bits per heavy atom. The summed E-state index contributed by atoms with van der Waals surface area (Å²) in [4.78, 5) is 13.8. The lowest BCUT2D eigenvalue weighted by Gasteiger charge is -2.23. The van der Waals surface area contributed by atoms with Crippen molar-refractivity contribution in [3.05, 3.63) is 29.6 Å². The molecular weight excluding hydrogens is 279 g/mol. The lowest BCUT2D eigenvalue weighted by Crippen LogP contribution is -2.40. The summed E-state index contributed by atoms with van der Waals surface area (Å²) >= 11 is 4.77. The van der Waals surface area contributed by atoms with Crippen LogP contribution in [0.5, 0.6) is 5.75 Å². The zero-order chi connectivity index (χ0) is 15.3. The minimum atomic E-state index is -0.750. The lowest BCUT2D eigenvalue weighted by atomic mass is 10.2. The SMILES string of the molecule is CCN(CC)C(=O)C(C)Oc1ccc(C(N)=S)cc1F. The molecule has 1 atom stereocenters. The van der Waals surface area contributed by atoms with E-state index < -0.39 is 11.9 Å². The van der Waals surface area contributed by atoms with Crippen molar-refractivity contribution < 1.29 is 13.9 Å². The van der Waals surface area contributed by atoms with E-state index >= 15 is 0 Å². The second-order valence-corrected chi connectivity index (χ2v) is 4.72. The summed E-state index contributed by atoms with van der Waals surface area (Å²) in [6.45, 7) is 6.54. The number of benzene rings is 1. The van der Waals surface area contributed by atoms with Crippen LogP contribution in [0.3, 0.4) is 0 Å². The Morgan fingerprint density at radius 2 is 2.05 bits per heavy atom. The smallest absolute Gasteiger partial charge is 0.263 e. The minimum Gasteiger partial charge on any atom is -0.478 e. The summed E-state index contributed by atoms with van der Waals surface area (Å²) in [5.74, 6) is -0.750. The number of nitrogens with zero attached hydrogens (tertiary/aromatic N) is 1. The highest BCUT2D eigenvalue weighted by Gasteiger charge is 2.21. The van der Waals surface area contributed by atoms with Gasteiger partial charge in [-0.25, -0.2) is 4.39 Å². The number of hydrogen-bond donors (Lipinski definition) is 1. The second kappa shape index (κ2) is 7.19. The molecule has 0 aromatic heterocycles. The fourth-order valence-electron chi connectivity index (χ4n) is 1.78. The first kappa shape index (κ1) is 16.4. The number of rotatable bonds is 6. The molecule has 1 rings (SSSR count). The molecule has 0 aliphatic heterocycles. The van der Waals surface area contributed by atoms with E-state index in [9.17, 15) is 9.18 Å². The van der Waals surface area contributed by atoms with Crippen LogP contribution in [-0.4, -0.2) is 35.0 Å². The minimum absolute atomic E-state index is 0.0120. The van der Waals surface area contributed by atoms with Gasteiger partial charge in [0.05, 0.1) is 0 Å². The molecule has 1 unspecified atom stereocenters. The quantitative estimate of drug-likeness (QED) is 0.817. The molecule has 4 nitrogen and oxygen atoms in total. The fourth-order valence-corrected chi connectivity index (χ4v) is 1.91. The standard InChI is InChI=1S/C14H19FN2O2S/c1-4-17(5-2)14(18)9(3)19-12-7-6-10(13(16)20)8-11(12)15/h6-9H,4-5H2,1-3H3,(H2,16,20). The maximum Gasteiger partial charge on any atom is 0.263 e. The Labute approximate surface area is 123 Å². The molecule has 6 heteroatoms. The zero-order valence-corrected chi connectivity index (χ0v) is 12.7. The highest BCUT2D eigenvalue weighted by molar-refractivity contribution is 7.80. The van der Waals surface area contributed by atoms with Crippen molar-refractivity contribution in [3.63, 3.8) is 0 Å². The summed E-state index contributed by atoms with van der Waals surface area (Å²) < 4.78 is 19.2. The summed E-state index contributed by atoms with van der Waals surface area (Å²) in [7, 11) is 0. The molecule has 110 valence electrons. The Bertz CT molecular complexity index is 504. The van der Waals surface area contributed by atoms with Crippen LogP contribution < -0.4 is 10.5 Å². The van der Waals surface area contributed by atoms with E-state index in [2.05, 4.69) is 0 Å². The molecule has 0 saturated carbocycles. The number of amides is 1. The van der Waals surface area contributed by atoms with Crippen LogP contribution in [0, 0.1) is 5.82 Å². The average Bonchev–Trinajstić information content (AvgIpc) is 2.41. The summed E-state index contributed by atoms with van der Waals surface area (Å²) in [5, 5.41) is 0. The molecule has 1 aromatic carbocycles. The number of ether oxygens (including phenoxy) is 1. The van der Waals surface area contributed by atoms with Crippen molar-refractivity contribution in [1.29, 1.82) is 0 Å². The molecule has 0 fully saturated rings. The molecule has 0 bridgehead atoms. The fraction of sp³-hybridized carbons (Fsp3) is 0.429. The number of carbonyl (C=O) groups excluding carboxylic acids is 1. The van der Waals surface area contributed by atoms with Crippen LogP contribution in [0.25, 0.3) is 0 Å². The van der Waals surface area contributed by atoms with Crippen molar-refractivity contribution in [1.82, 2.24) is 4.90 Å². The van der Waals surface area contributed by atoms with E-state index in [0.29, 0.717) is 18.7 Å². The van der Waals surface area contributed by atoms with Crippen LogP contribution in [0.1, 0.15) is 26.3 Å². The second-order valence-electron chi connectivity index (χ2n) is 4.28. The van der Waals surface area contributed by atoms with Gasteiger partial charge in [-0.2, -0.15) is 0 Å². The summed E-state index contributed by atoms with van der Waals surface area (Å²) in [5.41, 5.74) is 5.84. The normalized spacial score (nSPS) is 11.8. The van der Waals surface area contributed by atoms with Crippen molar-refractivity contribution in [2.45, 2.75) is 26.9 Å². The van der Waals surface area contributed by atoms with Gasteiger partial charge in [-0.15, -0.1) is 0 Å². The maximum absolute atomic E-state index is 13.8. The Kier molecular flexibility index (Phi) is 5.88. The first-order valence-electron chi connectivity index (χ1n) is 6.45. The van der Waals surface area contributed by atoms with E-state index in [-0.39, 0.29) is 16.6 Å². The summed E-state index contributed by atoms with van der Waals surface area (Å²) in [6.07, 6.45) is -0.750. The third-order valence-electron chi connectivity index (χ3n) is 2.94. The van der Waals surface area contributed by atoms with Crippen LogP contribution in [0.2, 0.25) is 0 Å². The van der Waals surface area contributed by atoms with Crippen LogP contribution >= 0.6 is 12.2 Å². The van der Waals surface area contributed by atoms with Gasteiger partial charge in [-0.1, -0.05) is 12.2 Å². The largest absolute Gasteiger partial charge is 0.478 e. The van der Waals surface area contributed by atoms with E-state index in [1.54, 1.807) is 17.9 Å². The zero-order valence-electron chi connectivity index (χ0n) is 11.9. The molecule has 20 heavy (non-hydrogen) atoms. The first-order valence-corrected chi connectivity index (χ1v) is 6.86. The molecule has 0 aliphatic rings. The van der Waals surface area contributed by atoms with Crippen LogP contribution in [0.4, 0.5) is 4.39 Å². The van der Waals surface area contributed by atoms with Gasteiger partial charge in [0.1, 0.15) is 4.99 Å². The molecule has 0 spiro atoms. The van der Waals surface area contributed by atoms with Crippen molar-refractivity contribution >= 4 is 23.1 Å². The highest BCUT2D eigenvalue weighted by atomic mass is 32.1. The molecule has 0 heterocycles. The van der Waals surface area contributed by atoms with Gasteiger partial charge in [0, 0.05) is 18.7 Å². The van der Waals surface area contributed by atoms with Crippen LogP contribution in [0.15, 0.2) is 18.2 Å². The summed E-state index contributed by atoms with van der Waals surface area (Å²) in [6, 6.07) is 4.19. The highest BCUT2D eigenvalue weighted by Crippen LogP contribution is 2.20. The predicted octanol–water partition coefficient (Wildman–Crippen LogP) is 2.10. The Hall–Kier alpha value is -1.69. The monoisotopic (exact) mass is 298 g/mol. The van der Waals surface area contributed by atoms with Crippen LogP contribution in [-0.2, 0) is 4.79 Å². The van der Waals surface area contributed by atoms with E-state index in [1.165, 1.54) is 12.1 Å². The Balaban J connectivity index is 2.83. The number of thiocarbonyl (C=S) groups is 1. The molecular formula is C14H19FN2O2S. The topological polar surface area (TPSA) is 55.6 Å². The predicted molar refractivity (Wildman–Crippen MR) is 80.3 cm³/mol. The third kappa shape index (κ3) is 3.90. The maximum atomic E-state index is 13.8. The molecule has 1 amide bonds. The van der Waals surface area contributed by atoms with E-state index in [4.69, 9.17) is 22.7 Å². The van der Waals surface area contributed by atoms with Crippen molar-refractivity contribution in [2.24, 2.45) is 5.73 Å². The van der Waals surface area contributed by atoms with Crippen molar-refractivity contribution in [3.8, 4) is 5.75 Å². The van der Waals surface area contributed by atoms with Crippen molar-refractivity contribution in [2.75, 3.05) is 13.1 Å². The number of nitrogens with two attached hydrogens (primary N) is 1. The van der Waals surface area contributed by atoms with Gasteiger partial charge in [-0.05, 0) is 39.0 Å². The lowest BCUT2D eigenvalue weighted by molar-refractivity contribution is -0.137. The number of carbonyl (C=O) groups is 1. The van der Waals surface area contributed by atoms with E-state index in [1.807, 2.05) is 13.8 Å². The third-order valence-corrected chi connectivity index (χ3v) is 3.18. The number of halogens is 1. The molecule has 0 radical (unpaired) electrons. The molecule has 0 saturated heterocycles.